The molecule has 0 nitrogen and oxygen atoms in total. The molecule has 0 N–H and O–H groups in total. The van der Waals surface area contributed by atoms with Gasteiger partial charge in [0.05, 0.1) is 0 Å². The molecule has 1 aromatic carbocycles. The average molecular weight is 479 g/mol. The van der Waals surface area contributed by atoms with E-state index in [4.69, 9.17) is 0 Å². The molecule has 0 aromatic heterocycles. The van der Waals surface area contributed by atoms with Crippen molar-refractivity contribution in [1.82, 2.24) is 0 Å². The molecule has 0 heterocycles. The predicted molar refractivity (Wildman–Crippen MR) is 154 cm³/mol. The van der Waals surface area contributed by atoms with E-state index in [1.165, 1.54) is 109 Å². The fourth-order valence-corrected chi connectivity index (χ4v) is 8.59. The lowest BCUT2D eigenvalue weighted by molar-refractivity contribution is 0.118. The van der Waals surface area contributed by atoms with Crippen LogP contribution in [0, 0.1) is 35.5 Å². The van der Waals surface area contributed by atoms with Crippen molar-refractivity contribution in [2.24, 2.45) is 35.5 Å². The van der Waals surface area contributed by atoms with Crippen LogP contribution in [0.1, 0.15) is 160 Å². The lowest BCUT2D eigenvalue weighted by atomic mass is 9.65. The quantitative estimate of drug-likeness (QED) is 0.313. The maximum atomic E-state index is 2.62. The first kappa shape index (κ1) is 27.3. The molecular formula is C35H58. The van der Waals surface area contributed by atoms with Gasteiger partial charge in [-0.1, -0.05) is 96.9 Å². The molecular weight excluding hydrogens is 420 g/mol. The van der Waals surface area contributed by atoms with Gasteiger partial charge in [0.2, 0.25) is 0 Å². The summed E-state index contributed by atoms with van der Waals surface area (Å²) in [5.74, 6) is 7.51. The van der Waals surface area contributed by atoms with E-state index in [9.17, 15) is 0 Å². The Hall–Kier alpha value is -0.780. The maximum absolute atomic E-state index is 2.62. The summed E-state index contributed by atoms with van der Waals surface area (Å²) in [5, 5.41) is 0. The molecule has 0 amide bonds. The minimum Gasteiger partial charge on any atom is -0.0654 e. The Morgan fingerprint density at radius 1 is 0.600 bits per heavy atom. The van der Waals surface area contributed by atoms with E-state index in [0.29, 0.717) is 0 Å². The van der Waals surface area contributed by atoms with Crippen molar-refractivity contribution < 1.29 is 0 Å². The van der Waals surface area contributed by atoms with Crippen LogP contribution in [0.25, 0.3) is 0 Å². The van der Waals surface area contributed by atoms with Crippen LogP contribution in [0.5, 0.6) is 0 Å². The SMILES string of the molecule is CCCCC1CCC(C(C)C2CCC(C(C)c3ccc([C@H]4CC[C@H](CCC)CC4)cc3)CC2)CC1. The fraction of sp³-hybridized carbons (Fsp3) is 0.829. The highest BCUT2D eigenvalue weighted by molar-refractivity contribution is 5.28. The molecule has 0 spiro atoms. The van der Waals surface area contributed by atoms with Crippen molar-refractivity contribution in [3.8, 4) is 0 Å². The van der Waals surface area contributed by atoms with Crippen LogP contribution in [0.3, 0.4) is 0 Å². The van der Waals surface area contributed by atoms with E-state index in [-0.39, 0.29) is 0 Å². The zero-order chi connectivity index (χ0) is 24.6. The van der Waals surface area contributed by atoms with Gasteiger partial charge in [-0.3, -0.25) is 0 Å². The van der Waals surface area contributed by atoms with Gasteiger partial charge in [0.15, 0.2) is 0 Å². The minimum absolute atomic E-state index is 0.731. The van der Waals surface area contributed by atoms with Crippen LogP contribution >= 0.6 is 0 Å². The van der Waals surface area contributed by atoms with Crippen LogP contribution < -0.4 is 0 Å². The Balaban J connectivity index is 1.21. The molecule has 3 fully saturated rings. The van der Waals surface area contributed by atoms with E-state index in [1.54, 1.807) is 11.1 Å². The lowest BCUT2D eigenvalue weighted by Crippen LogP contribution is -2.29. The average Bonchev–Trinajstić information content (AvgIpc) is 2.92. The second-order valence-electron chi connectivity index (χ2n) is 13.4. The summed E-state index contributed by atoms with van der Waals surface area (Å²) in [4.78, 5) is 0. The van der Waals surface area contributed by atoms with Crippen LogP contribution in [0.2, 0.25) is 0 Å². The Labute approximate surface area is 219 Å². The predicted octanol–water partition coefficient (Wildman–Crippen LogP) is 11.3. The van der Waals surface area contributed by atoms with Crippen molar-refractivity contribution in [2.45, 2.75) is 149 Å². The van der Waals surface area contributed by atoms with Crippen molar-refractivity contribution in [1.29, 1.82) is 0 Å². The Morgan fingerprint density at radius 3 is 1.69 bits per heavy atom. The molecule has 3 saturated carbocycles. The normalized spacial score (nSPS) is 33.8. The standard InChI is InChI=1S/C35H58/c1-5-7-9-29-10-14-30(15-11-29)26(3)31-18-20-32(21-19-31)27(4)33-22-24-35(25-23-33)34-16-12-28(8-6-2)13-17-34/h22-32,34H,5-21H2,1-4H3/t26?,27?,28-,29?,30?,31?,32?,34-. The lowest BCUT2D eigenvalue weighted by Gasteiger charge is -2.40. The third-order valence-corrected chi connectivity index (χ3v) is 11.3. The highest BCUT2D eigenvalue weighted by Gasteiger charge is 2.33. The summed E-state index contributed by atoms with van der Waals surface area (Å²) >= 11 is 0. The summed E-state index contributed by atoms with van der Waals surface area (Å²) < 4.78 is 0. The van der Waals surface area contributed by atoms with Crippen molar-refractivity contribution in [2.75, 3.05) is 0 Å². The largest absolute Gasteiger partial charge is 0.0654 e. The first-order chi connectivity index (χ1) is 17.1. The third-order valence-electron chi connectivity index (χ3n) is 11.3. The van der Waals surface area contributed by atoms with Crippen molar-refractivity contribution >= 4 is 0 Å². The molecule has 198 valence electrons. The number of rotatable bonds is 10. The summed E-state index contributed by atoms with van der Waals surface area (Å²) in [6.07, 6.45) is 24.9. The minimum atomic E-state index is 0.731. The second kappa shape index (κ2) is 13.7. The Kier molecular flexibility index (Phi) is 10.7. The number of benzene rings is 1. The van der Waals surface area contributed by atoms with E-state index in [2.05, 4.69) is 52.0 Å². The van der Waals surface area contributed by atoms with Crippen LogP contribution in [0.4, 0.5) is 0 Å². The van der Waals surface area contributed by atoms with Gasteiger partial charge in [-0.15, -0.1) is 0 Å². The number of unbranched alkanes of at least 4 members (excludes halogenated alkanes) is 1. The van der Waals surface area contributed by atoms with E-state index in [0.717, 1.165) is 47.3 Å². The third kappa shape index (κ3) is 7.38. The molecule has 2 unspecified atom stereocenters. The van der Waals surface area contributed by atoms with Gasteiger partial charge >= 0.3 is 0 Å². The maximum Gasteiger partial charge on any atom is -0.0162 e. The Bertz CT molecular complexity index is 692. The van der Waals surface area contributed by atoms with Gasteiger partial charge in [-0.2, -0.15) is 0 Å². The van der Waals surface area contributed by atoms with Gasteiger partial charge in [-0.05, 0) is 123 Å². The molecule has 2 atom stereocenters. The van der Waals surface area contributed by atoms with Gasteiger partial charge in [0.25, 0.3) is 0 Å². The van der Waals surface area contributed by atoms with E-state index in [1.807, 2.05) is 0 Å². The van der Waals surface area contributed by atoms with E-state index >= 15 is 0 Å². The van der Waals surface area contributed by atoms with E-state index < -0.39 is 0 Å². The first-order valence-electron chi connectivity index (χ1n) is 16.2. The van der Waals surface area contributed by atoms with Gasteiger partial charge < -0.3 is 0 Å². The summed E-state index contributed by atoms with van der Waals surface area (Å²) in [5.41, 5.74) is 3.23. The molecule has 0 bridgehead atoms. The molecule has 3 aliphatic carbocycles. The molecule has 3 aliphatic rings. The molecule has 1 aromatic rings. The highest BCUT2D eigenvalue weighted by atomic mass is 14.4. The molecule has 0 saturated heterocycles. The van der Waals surface area contributed by atoms with Crippen molar-refractivity contribution in [3.05, 3.63) is 35.4 Å². The first-order valence-corrected chi connectivity index (χ1v) is 16.2. The zero-order valence-corrected chi connectivity index (χ0v) is 23.9. The molecule has 0 radical (unpaired) electrons. The Morgan fingerprint density at radius 2 is 1.11 bits per heavy atom. The molecule has 0 heteroatoms. The summed E-state index contributed by atoms with van der Waals surface area (Å²) in [7, 11) is 0. The fourth-order valence-electron chi connectivity index (χ4n) is 8.59. The topological polar surface area (TPSA) is 0 Å². The van der Waals surface area contributed by atoms with Gasteiger partial charge in [0, 0.05) is 0 Å². The molecule has 4 rings (SSSR count). The monoisotopic (exact) mass is 478 g/mol. The number of hydrogen-bond donors (Lipinski definition) is 0. The molecule has 35 heavy (non-hydrogen) atoms. The van der Waals surface area contributed by atoms with Crippen LogP contribution in [0.15, 0.2) is 24.3 Å². The van der Waals surface area contributed by atoms with Gasteiger partial charge in [-0.25, -0.2) is 0 Å². The zero-order valence-electron chi connectivity index (χ0n) is 23.9. The summed E-state index contributed by atoms with van der Waals surface area (Å²) in [6, 6.07) is 10.0. The highest BCUT2D eigenvalue weighted by Crippen LogP contribution is 2.46. The van der Waals surface area contributed by atoms with Crippen LogP contribution in [-0.4, -0.2) is 0 Å². The summed E-state index contributed by atoms with van der Waals surface area (Å²) in [6.45, 7) is 9.84. The number of hydrogen-bond acceptors (Lipinski definition) is 0. The van der Waals surface area contributed by atoms with Gasteiger partial charge in [0.1, 0.15) is 0 Å². The van der Waals surface area contributed by atoms with Crippen LogP contribution in [-0.2, 0) is 0 Å². The second-order valence-corrected chi connectivity index (χ2v) is 13.4. The smallest absolute Gasteiger partial charge is 0.0162 e. The van der Waals surface area contributed by atoms with Crippen molar-refractivity contribution in [3.63, 3.8) is 0 Å². The molecule has 0 aliphatic heterocycles.